The Bertz CT molecular complexity index is 540. The maximum Gasteiger partial charge on any atom is 0.379 e. The molecule has 114 valence electrons. The Morgan fingerprint density at radius 3 is 2.48 bits per heavy atom. The molecule has 0 unspecified atom stereocenters. The topological polar surface area (TPSA) is 49.9 Å². The summed E-state index contributed by atoms with van der Waals surface area (Å²) in [5.74, 6) is -1.42. The average Bonchev–Trinajstić information content (AvgIpc) is 2.48. The molecule has 1 heterocycles. The SMILES string of the molecule is CCOC(=O)C(=O)c1ccc(N2CCN(C)CC2)c(Br)c1. The number of nitrogens with zero attached hydrogens (tertiary/aromatic N) is 2. The first-order valence-corrected chi connectivity index (χ1v) is 7.76. The van der Waals surface area contributed by atoms with E-state index in [1.807, 2.05) is 6.07 Å². The number of anilines is 1. The van der Waals surface area contributed by atoms with E-state index < -0.39 is 11.8 Å². The quantitative estimate of drug-likeness (QED) is 0.469. The zero-order valence-electron chi connectivity index (χ0n) is 12.3. The van der Waals surface area contributed by atoms with Crippen LogP contribution in [0.1, 0.15) is 17.3 Å². The van der Waals surface area contributed by atoms with Crippen LogP contribution >= 0.6 is 15.9 Å². The molecule has 0 spiro atoms. The van der Waals surface area contributed by atoms with E-state index in [-0.39, 0.29) is 6.61 Å². The average molecular weight is 355 g/mol. The molecule has 0 bridgehead atoms. The zero-order chi connectivity index (χ0) is 15.4. The minimum Gasteiger partial charge on any atom is -0.460 e. The molecule has 2 rings (SSSR count). The van der Waals surface area contributed by atoms with Crippen molar-refractivity contribution in [3.63, 3.8) is 0 Å². The fraction of sp³-hybridized carbons (Fsp3) is 0.467. The molecular formula is C15H19BrN2O3. The lowest BCUT2D eigenvalue weighted by atomic mass is 10.1. The van der Waals surface area contributed by atoms with Gasteiger partial charge in [0.05, 0.1) is 12.3 Å². The number of likely N-dealkylation sites (N-methyl/N-ethyl adjacent to an activating group) is 1. The predicted molar refractivity (Wildman–Crippen MR) is 84.8 cm³/mol. The molecule has 0 amide bonds. The molecule has 0 N–H and O–H groups in total. The monoisotopic (exact) mass is 354 g/mol. The number of esters is 1. The highest BCUT2D eigenvalue weighted by Gasteiger charge is 2.21. The molecule has 1 fully saturated rings. The molecule has 21 heavy (non-hydrogen) atoms. The van der Waals surface area contributed by atoms with Gasteiger partial charge in [-0.2, -0.15) is 0 Å². The van der Waals surface area contributed by atoms with Crippen molar-refractivity contribution in [1.29, 1.82) is 0 Å². The van der Waals surface area contributed by atoms with E-state index in [1.54, 1.807) is 19.1 Å². The number of Topliss-reactive ketones (excluding diaryl/α,β-unsaturated/α-hetero) is 1. The van der Waals surface area contributed by atoms with Gasteiger partial charge in [-0.1, -0.05) is 0 Å². The lowest BCUT2D eigenvalue weighted by molar-refractivity contribution is -0.137. The Morgan fingerprint density at radius 1 is 1.24 bits per heavy atom. The summed E-state index contributed by atoms with van der Waals surface area (Å²) in [6.07, 6.45) is 0. The second-order valence-corrected chi connectivity index (χ2v) is 5.86. The van der Waals surface area contributed by atoms with Crippen LogP contribution in [-0.4, -0.2) is 56.5 Å². The molecule has 0 saturated carbocycles. The van der Waals surface area contributed by atoms with E-state index >= 15 is 0 Å². The van der Waals surface area contributed by atoms with Gasteiger partial charge in [-0.05, 0) is 48.1 Å². The van der Waals surface area contributed by atoms with Crippen LogP contribution < -0.4 is 4.90 Å². The van der Waals surface area contributed by atoms with Crippen molar-refractivity contribution < 1.29 is 14.3 Å². The van der Waals surface area contributed by atoms with Crippen molar-refractivity contribution in [2.75, 3.05) is 44.7 Å². The predicted octanol–water partition coefficient (Wildman–Crippen LogP) is 1.95. The van der Waals surface area contributed by atoms with Gasteiger partial charge in [0, 0.05) is 36.2 Å². The third kappa shape index (κ3) is 3.83. The highest BCUT2D eigenvalue weighted by atomic mass is 79.9. The number of benzene rings is 1. The largest absolute Gasteiger partial charge is 0.460 e. The van der Waals surface area contributed by atoms with Crippen LogP contribution in [0.4, 0.5) is 5.69 Å². The van der Waals surface area contributed by atoms with Gasteiger partial charge >= 0.3 is 5.97 Å². The van der Waals surface area contributed by atoms with Crippen molar-refractivity contribution in [3.05, 3.63) is 28.2 Å². The summed E-state index contributed by atoms with van der Waals surface area (Å²) >= 11 is 3.49. The zero-order valence-corrected chi connectivity index (χ0v) is 13.9. The van der Waals surface area contributed by atoms with E-state index in [0.29, 0.717) is 5.56 Å². The molecule has 0 atom stereocenters. The Morgan fingerprint density at radius 2 is 1.90 bits per heavy atom. The fourth-order valence-corrected chi connectivity index (χ4v) is 2.90. The number of hydrogen-bond donors (Lipinski definition) is 0. The second-order valence-electron chi connectivity index (χ2n) is 5.01. The van der Waals surface area contributed by atoms with Crippen molar-refractivity contribution in [2.45, 2.75) is 6.92 Å². The minimum atomic E-state index is -0.809. The summed E-state index contributed by atoms with van der Waals surface area (Å²) in [5.41, 5.74) is 1.39. The molecule has 1 aliphatic heterocycles. The van der Waals surface area contributed by atoms with Crippen LogP contribution in [0.15, 0.2) is 22.7 Å². The molecular weight excluding hydrogens is 336 g/mol. The smallest absolute Gasteiger partial charge is 0.379 e. The number of hydrogen-bond acceptors (Lipinski definition) is 5. The van der Waals surface area contributed by atoms with Crippen LogP contribution in [0.2, 0.25) is 0 Å². The van der Waals surface area contributed by atoms with Gasteiger partial charge in [0.2, 0.25) is 0 Å². The fourth-order valence-electron chi connectivity index (χ4n) is 2.27. The highest BCUT2D eigenvalue weighted by Crippen LogP contribution is 2.28. The van der Waals surface area contributed by atoms with Gasteiger partial charge in [0.15, 0.2) is 0 Å². The maximum absolute atomic E-state index is 11.9. The van der Waals surface area contributed by atoms with E-state index in [2.05, 4.69) is 32.8 Å². The van der Waals surface area contributed by atoms with Crippen molar-refractivity contribution in [2.24, 2.45) is 0 Å². The number of piperazine rings is 1. The van der Waals surface area contributed by atoms with Crippen LogP contribution in [0.5, 0.6) is 0 Å². The van der Waals surface area contributed by atoms with Crippen LogP contribution in [-0.2, 0) is 9.53 Å². The minimum absolute atomic E-state index is 0.200. The van der Waals surface area contributed by atoms with Gasteiger partial charge in [0.25, 0.3) is 5.78 Å². The number of carbonyl (C=O) groups is 2. The summed E-state index contributed by atoms with van der Waals surface area (Å²) in [6, 6.07) is 5.24. The Hall–Kier alpha value is -1.40. The lowest BCUT2D eigenvalue weighted by Gasteiger charge is -2.34. The lowest BCUT2D eigenvalue weighted by Crippen LogP contribution is -2.44. The molecule has 1 aliphatic rings. The molecule has 1 aromatic carbocycles. The van der Waals surface area contributed by atoms with Gasteiger partial charge < -0.3 is 14.5 Å². The summed E-state index contributed by atoms with van der Waals surface area (Å²) in [4.78, 5) is 27.9. The molecule has 1 saturated heterocycles. The first kappa shape index (κ1) is 16.0. The van der Waals surface area contributed by atoms with Gasteiger partial charge in [0.1, 0.15) is 0 Å². The summed E-state index contributed by atoms with van der Waals surface area (Å²) in [7, 11) is 2.10. The Kier molecular flexibility index (Phi) is 5.36. The van der Waals surface area contributed by atoms with Crippen molar-refractivity contribution in [3.8, 4) is 0 Å². The van der Waals surface area contributed by atoms with Gasteiger partial charge in [-0.25, -0.2) is 4.79 Å². The molecule has 0 aromatic heterocycles. The van der Waals surface area contributed by atoms with Gasteiger partial charge in [-0.15, -0.1) is 0 Å². The van der Waals surface area contributed by atoms with Crippen LogP contribution in [0, 0.1) is 0 Å². The highest BCUT2D eigenvalue weighted by molar-refractivity contribution is 9.10. The van der Waals surface area contributed by atoms with Gasteiger partial charge in [-0.3, -0.25) is 4.79 Å². The molecule has 0 aliphatic carbocycles. The number of rotatable bonds is 4. The Labute approximate surface area is 133 Å². The normalized spacial score (nSPS) is 15.9. The van der Waals surface area contributed by atoms with E-state index in [9.17, 15) is 9.59 Å². The summed E-state index contributed by atoms with van der Waals surface area (Å²) in [5, 5.41) is 0. The van der Waals surface area contributed by atoms with Crippen molar-refractivity contribution in [1.82, 2.24) is 4.90 Å². The summed E-state index contributed by atoms with van der Waals surface area (Å²) < 4.78 is 5.56. The first-order chi connectivity index (χ1) is 10.0. The first-order valence-electron chi connectivity index (χ1n) is 6.97. The molecule has 5 nitrogen and oxygen atoms in total. The molecule has 1 aromatic rings. The number of ketones is 1. The second kappa shape index (κ2) is 7.04. The van der Waals surface area contributed by atoms with Crippen LogP contribution in [0.3, 0.4) is 0 Å². The number of carbonyl (C=O) groups excluding carboxylic acids is 2. The van der Waals surface area contributed by atoms with Crippen molar-refractivity contribution >= 4 is 33.4 Å². The number of ether oxygens (including phenoxy) is 1. The van der Waals surface area contributed by atoms with E-state index in [1.165, 1.54) is 0 Å². The van der Waals surface area contributed by atoms with E-state index in [0.717, 1.165) is 36.3 Å². The molecule has 6 heteroatoms. The molecule has 0 radical (unpaired) electrons. The summed E-state index contributed by atoms with van der Waals surface area (Å²) in [6.45, 7) is 5.79. The van der Waals surface area contributed by atoms with E-state index in [4.69, 9.17) is 4.74 Å². The third-order valence-electron chi connectivity index (χ3n) is 3.51. The third-order valence-corrected chi connectivity index (χ3v) is 4.15. The maximum atomic E-state index is 11.9. The van der Waals surface area contributed by atoms with Crippen LogP contribution in [0.25, 0.3) is 0 Å². The Balaban J connectivity index is 2.14. The number of halogens is 1. The standard InChI is InChI=1S/C15H19BrN2O3/c1-3-21-15(20)14(19)11-4-5-13(12(16)10-11)18-8-6-17(2)7-9-18/h4-5,10H,3,6-9H2,1-2H3.